The van der Waals surface area contributed by atoms with E-state index in [1.807, 2.05) is 26.8 Å². The fourth-order valence-corrected chi connectivity index (χ4v) is 5.70. The van der Waals surface area contributed by atoms with Crippen molar-refractivity contribution in [2.24, 2.45) is 11.3 Å². The first-order valence-corrected chi connectivity index (χ1v) is 10.4. The van der Waals surface area contributed by atoms with Crippen LogP contribution in [-0.4, -0.2) is 30.0 Å². The Morgan fingerprint density at radius 2 is 2.15 bits per heavy atom. The van der Waals surface area contributed by atoms with Crippen molar-refractivity contribution in [3.05, 3.63) is 29.3 Å². The molecule has 0 N–H and O–H groups in total. The average Bonchev–Trinajstić information content (AvgIpc) is 2.63. The molecule has 2 bridgehead atoms. The van der Waals surface area contributed by atoms with Crippen molar-refractivity contribution in [2.45, 2.75) is 70.8 Å². The molecule has 1 aromatic rings. The maximum Gasteiger partial charge on any atom is 0.316 e. The molecule has 3 atom stereocenters. The molecule has 0 aromatic heterocycles. The predicted molar refractivity (Wildman–Crippen MR) is 108 cm³/mol. The topological polar surface area (TPSA) is 29.5 Å². The van der Waals surface area contributed by atoms with E-state index >= 15 is 0 Å². The van der Waals surface area contributed by atoms with Gasteiger partial charge in [-0.3, -0.25) is 9.69 Å². The third kappa shape index (κ3) is 3.09. The van der Waals surface area contributed by atoms with Crippen LogP contribution in [0.5, 0.6) is 5.75 Å². The van der Waals surface area contributed by atoms with Crippen LogP contribution in [0.1, 0.15) is 64.0 Å². The summed E-state index contributed by atoms with van der Waals surface area (Å²) in [7, 11) is 0. The summed E-state index contributed by atoms with van der Waals surface area (Å²) in [6.45, 7) is 7.53. The Bertz CT molecular complexity index is 785. The van der Waals surface area contributed by atoms with Crippen molar-refractivity contribution in [3.8, 4) is 18.1 Å². The van der Waals surface area contributed by atoms with Crippen molar-refractivity contribution in [1.29, 1.82) is 0 Å². The van der Waals surface area contributed by atoms with E-state index in [0.29, 0.717) is 17.7 Å². The molecule has 1 saturated heterocycles. The average molecular weight is 366 g/mol. The van der Waals surface area contributed by atoms with Gasteiger partial charge in [-0.15, -0.1) is 6.42 Å². The van der Waals surface area contributed by atoms with Crippen molar-refractivity contribution in [2.75, 3.05) is 13.1 Å². The van der Waals surface area contributed by atoms with Crippen LogP contribution in [0.2, 0.25) is 0 Å². The number of nitrogens with zero attached hydrogens (tertiary/aromatic N) is 1. The van der Waals surface area contributed by atoms with Crippen LogP contribution in [-0.2, 0) is 16.6 Å². The fourth-order valence-electron chi connectivity index (χ4n) is 5.70. The predicted octanol–water partition coefficient (Wildman–Crippen LogP) is 4.33. The highest BCUT2D eigenvalue weighted by atomic mass is 16.5. The number of terminal acetylenes is 1. The van der Waals surface area contributed by atoms with Gasteiger partial charge in [0.1, 0.15) is 5.75 Å². The Kier molecular flexibility index (Phi) is 4.59. The first-order chi connectivity index (χ1) is 12.8. The number of hydrogen-bond acceptors (Lipinski definition) is 3. The Labute approximate surface area is 163 Å². The highest BCUT2D eigenvalue weighted by Gasteiger charge is 2.53. The fraction of sp³-hybridized carbons (Fsp3) is 0.625. The number of hydrogen-bond donors (Lipinski definition) is 0. The van der Waals surface area contributed by atoms with Gasteiger partial charge in [0, 0.05) is 18.0 Å². The molecule has 0 radical (unpaired) electrons. The lowest BCUT2D eigenvalue weighted by atomic mass is 9.52. The number of ether oxygens (including phenoxy) is 1. The van der Waals surface area contributed by atoms with Crippen molar-refractivity contribution in [1.82, 2.24) is 4.90 Å². The second-order valence-electron chi connectivity index (χ2n) is 9.66. The maximum absolute atomic E-state index is 12.4. The van der Waals surface area contributed by atoms with E-state index in [4.69, 9.17) is 11.2 Å². The Hall–Kier alpha value is -1.79. The molecule has 144 valence electrons. The molecule has 3 aliphatic rings. The first-order valence-electron chi connectivity index (χ1n) is 10.4. The van der Waals surface area contributed by atoms with Gasteiger partial charge in [0.05, 0.1) is 12.0 Å². The highest BCUT2D eigenvalue weighted by molar-refractivity contribution is 5.78. The summed E-state index contributed by atoms with van der Waals surface area (Å²) >= 11 is 0. The van der Waals surface area contributed by atoms with E-state index in [0.717, 1.165) is 19.5 Å². The number of likely N-dealkylation sites (tertiary alicyclic amines) is 1. The largest absolute Gasteiger partial charge is 0.426 e. The van der Waals surface area contributed by atoms with Gasteiger partial charge in [-0.25, -0.2) is 0 Å². The molecule has 1 saturated carbocycles. The summed E-state index contributed by atoms with van der Waals surface area (Å²) in [6, 6.07) is 6.92. The SMILES string of the molecule is C#CCN1CCC23CCCCC2C1Cc1ccc(OC(=O)C(C)(C)C)cc13. The van der Waals surface area contributed by atoms with Gasteiger partial charge in [-0.05, 0) is 75.6 Å². The van der Waals surface area contributed by atoms with Crippen LogP contribution in [0.25, 0.3) is 0 Å². The number of rotatable bonds is 2. The number of fused-ring (bicyclic) bond motifs is 1. The van der Waals surface area contributed by atoms with Crippen LogP contribution in [0.3, 0.4) is 0 Å². The van der Waals surface area contributed by atoms with Gasteiger partial charge >= 0.3 is 5.97 Å². The van der Waals surface area contributed by atoms with Crippen LogP contribution in [0, 0.1) is 23.7 Å². The molecule has 3 heteroatoms. The smallest absolute Gasteiger partial charge is 0.316 e. The summed E-state index contributed by atoms with van der Waals surface area (Å²) < 4.78 is 5.74. The van der Waals surface area contributed by atoms with Gasteiger partial charge in [-0.2, -0.15) is 0 Å². The third-order valence-electron chi connectivity index (χ3n) is 7.04. The van der Waals surface area contributed by atoms with Crippen molar-refractivity contribution < 1.29 is 9.53 Å². The molecule has 1 aliphatic heterocycles. The lowest BCUT2D eigenvalue weighted by Gasteiger charge is -2.59. The molecule has 3 unspecified atom stereocenters. The molecule has 2 aliphatic carbocycles. The molecule has 3 nitrogen and oxygen atoms in total. The molecule has 4 rings (SSSR count). The molecule has 2 fully saturated rings. The minimum absolute atomic E-state index is 0.169. The molecule has 27 heavy (non-hydrogen) atoms. The number of benzene rings is 1. The minimum Gasteiger partial charge on any atom is -0.426 e. The molecule has 0 spiro atoms. The zero-order chi connectivity index (χ0) is 19.2. The van der Waals surface area contributed by atoms with Gasteiger partial charge in [-0.1, -0.05) is 24.8 Å². The van der Waals surface area contributed by atoms with E-state index in [-0.39, 0.29) is 11.4 Å². The second-order valence-corrected chi connectivity index (χ2v) is 9.66. The zero-order valence-electron chi connectivity index (χ0n) is 16.9. The molecular weight excluding hydrogens is 334 g/mol. The lowest BCUT2D eigenvalue weighted by molar-refractivity contribution is -0.143. The van der Waals surface area contributed by atoms with E-state index in [1.165, 1.54) is 43.2 Å². The molecule has 0 amide bonds. The summed E-state index contributed by atoms with van der Waals surface area (Å²) in [6.07, 6.45) is 13.0. The van der Waals surface area contributed by atoms with Crippen LogP contribution < -0.4 is 4.74 Å². The quantitative estimate of drug-likeness (QED) is 0.444. The van der Waals surface area contributed by atoms with Crippen molar-refractivity contribution in [3.63, 3.8) is 0 Å². The van der Waals surface area contributed by atoms with Crippen LogP contribution in [0.15, 0.2) is 18.2 Å². The minimum atomic E-state index is -0.493. The number of carbonyl (C=O) groups excluding carboxylic acids is 1. The summed E-state index contributed by atoms with van der Waals surface area (Å²) in [4.78, 5) is 14.9. The maximum atomic E-state index is 12.4. The molecule has 1 heterocycles. The lowest BCUT2D eigenvalue weighted by Crippen LogP contribution is -2.60. The van der Waals surface area contributed by atoms with Crippen LogP contribution >= 0.6 is 0 Å². The van der Waals surface area contributed by atoms with E-state index < -0.39 is 5.41 Å². The normalized spacial score (nSPS) is 30.0. The van der Waals surface area contributed by atoms with Crippen LogP contribution in [0.4, 0.5) is 0 Å². The summed E-state index contributed by atoms with van der Waals surface area (Å²) in [5, 5.41) is 0. The highest BCUT2D eigenvalue weighted by Crippen LogP contribution is 2.56. The number of esters is 1. The monoisotopic (exact) mass is 365 g/mol. The third-order valence-corrected chi connectivity index (χ3v) is 7.04. The van der Waals surface area contributed by atoms with Gasteiger partial charge in [0.25, 0.3) is 0 Å². The second kappa shape index (κ2) is 6.67. The van der Waals surface area contributed by atoms with Crippen molar-refractivity contribution >= 4 is 5.97 Å². The first kappa shape index (κ1) is 18.6. The van der Waals surface area contributed by atoms with E-state index in [2.05, 4.69) is 23.0 Å². The van der Waals surface area contributed by atoms with E-state index in [1.54, 1.807) is 0 Å². The summed E-state index contributed by atoms with van der Waals surface area (Å²) in [5.41, 5.74) is 2.62. The molecular formula is C24H31NO2. The molecule has 1 aromatic carbocycles. The van der Waals surface area contributed by atoms with Gasteiger partial charge in [0.15, 0.2) is 0 Å². The Balaban J connectivity index is 1.72. The number of piperidine rings is 1. The Morgan fingerprint density at radius 3 is 2.89 bits per heavy atom. The van der Waals surface area contributed by atoms with Gasteiger partial charge < -0.3 is 4.74 Å². The van der Waals surface area contributed by atoms with E-state index in [9.17, 15) is 4.79 Å². The summed E-state index contributed by atoms with van der Waals surface area (Å²) in [5.74, 6) is 4.08. The van der Waals surface area contributed by atoms with Gasteiger partial charge in [0.2, 0.25) is 0 Å². The Morgan fingerprint density at radius 1 is 1.33 bits per heavy atom. The number of carbonyl (C=O) groups is 1. The zero-order valence-corrected chi connectivity index (χ0v) is 16.9. The standard InChI is InChI=1S/C24H31NO2/c1-5-13-25-14-12-24-11-7-6-8-19(24)21(25)15-17-9-10-18(16-20(17)24)27-22(26)23(2,3)4/h1,9-10,16,19,21H,6-8,11-15H2,2-4H3.